The minimum Gasteiger partial charge on any atom is -0.459 e. The maximum absolute atomic E-state index is 13.1. The molecule has 144 valence electrons. The predicted molar refractivity (Wildman–Crippen MR) is 97.1 cm³/mol. The molecule has 0 atom stereocenters. The summed E-state index contributed by atoms with van der Waals surface area (Å²) in [6.07, 6.45) is -3.50. The Morgan fingerprint density at radius 3 is 2.74 bits per heavy atom. The van der Waals surface area contributed by atoms with Crippen LogP contribution in [0.4, 0.5) is 13.2 Å². The minimum atomic E-state index is -4.55. The van der Waals surface area contributed by atoms with Crippen molar-refractivity contribution < 1.29 is 22.7 Å². The van der Waals surface area contributed by atoms with E-state index in [0.717, 1.165) is 17.1 Å². The molecule has 0 saturated heterocycles. The molecule has 0 saturated carbocycles. The van der Waals surface area contributed by atoms with Crippen LogP contribution in [-0.4, -0.2) is 15.4 Å². The van der Waals surface area contributed by atoms with Gasteiger partial charge in [-0.1, -0.05) is 31.5 Å². The van der Waals surface area contributed by atoms with Crippen LogP contribution in [-0.2, 0) is 28.7 Å². The minimum absolute atomic E-state index is 0.0821. The number of hydrogen-bond acceptors (Lipinski definition) is 4. The number of rotatable bonds is 5. The van der Waals surface area contributed by atoms with Crippen molar-refractivity contribution in [2.45, 2.75) is 39.0 Å². The number of halogens is 4. The maximum atomic E-state index is 13.1. The number of fused-ring (bicyclic) bond motifs is 1. The average molecular weight is 417 g/mol. The fourth-order valence-corrected chi connectivity index (χ4v) is 3.63. The average Bonchev–Trinajstić information content (AvgIpc) is 3.19. The molecule has 3 aromatic rings. The first kappa shape index (κ1) is 19.7. The summed E-state index contributed by atoms with van der Waals surface area (Å²) in [5, 5.41) is 1.74. The van der Waals surface area contributed by atoms with Crippen LogP contribution in [0.5, 0.6) is 0 Å². The van der Waals surface area contributed by atoms with Gasteiger partial charge in [0.25, 0.3) is 0 Å². The first-order valence-corrected chi connectivity index (χ1v) is 9.38. The van der Waals surface area contributed by atoms with Gasteiger partial charge < -0.3 is 4.74 Å². The molecular formula is C18H16ClF3N2O2S. The molecule has 9 heteroatoms. The lowest BCUT2D eigenvalue weighted by atomic mass is 10.1. The van der Waals surface area contributed by atoms with Crippen molar-refractivity contribution in [2.24, 2.45) is 0 Å². The zero-order chi connectivity index (χ0) is 19.8. The number of pyridine rings is 1. The summed E-state index contributed by atoms with van der Waals surface area (Å²) >= 11 is 7.46. The van der Waals surface area contributed by atoms with Crippen molar-refractivity contribution in [3.8, 4) is 0 Å². The molecule has 0 N–H and O–H groups in total. The van der Waals surface area contributed by atoms with E-state index in [-0.39, 0.29) is 29.6 Å². The van der Waals surface area contributed by atoms with Crippen LogP contribution in [0.3, 0.4) is 0 Å². The van der Waals surface area contributed by atoms with Crippen molar-refractivity contribution in [3.05, 3.63) is 56.6 Å². The molecule has 0 fully saturated rings. The van der Waals surface area contributed by atoms with Gasteiger partial charge in [-0.05, 0) is 23.4 Å². The topological polar surface area (TPSA) is 43.6 Å². The van der Waals surface area contributed by atoms with Gasteiger partial charge >= 0.3 is 12.1 Å². The smallest absolute Gasteiger partial charge is 0.417 e. The molecule has 0 unspecified atom stereocenters. The Hall–Kier alpha value is -2.06. The number of alkyl halides is 3. The summed E-state index contributed by atoms with van der Waals surface area (Å²) in [7, 11) is 0. The standard InChI is InChI=1S/C18H16ClF3N2O2S/c1-10(2)16-14(9-26-15(25)7-12-4-3-5-27-12)24-8-11(18(20,21)22)6-13(19)17(24)23-16/h3-6,8,10H,7,9H2,1-2H3. The van der Waals surface area contributed by atoms with Crippen molar-refractivity contribution >= 4 is 34.6 Å². The van der Waals surface area contributed by atoms with E-state index in [2.05, 4.69) is 4.98 Å². The SMILES string of the molecule is CC(C)c1nc2c(Cl)cc(C(F)(F)F)cn2c1COC(=O)Cc1cccs1. The van der Waals surface area contributed by atoms with Gasteiger partial charge in [-0.3, -0.25) is 9.20 Å². The third kappa shape index (κ3) is 4.27. The van der Waals surface area contributed by atoms with Crippen LogP contribution >= 0.6 is 22.9 Å². The maximum Gasteiger partial charge on any atom is 0.417 e. The fourth-order valence-electron chi connectivity index (χ4n) is 2.68. The molecule has 0 radical (unpaired) electrons. The summed E-state index contributed by atoms with van der Waals surface area (Å²) in [4.78, 5) is 17.3. The van der Waals surface area contributed by atoms with E-state index in [4.69, 9.17) is 16.3 Å². The molecule has 27 heavy (non-hydrogen) atoms. The second kappa shape index (κ2) is 7.52. The highest BCUT2D eigenvalue weighted by atomic mass is 35.5. The molecule has 0 bridgehead atoms. The Morgan fingerprint density at radius 1 is 1.41 bits per heavy atom. The van der Waals surface area contributed by atoms with E-state index in [9.17, 15) is 18.0 Å². The third-order valence-electron chi connectivity index (χ3n) is 3.95. The van der Waals surface area contributed by atoms with E-state index >= 15 is 0 Å². The van der Waals surface area contributed by atoms with Crippen molar-refractivity contribution in [3.63, 3.8) is 0 Å². The van der Waals surface area contributed by atoms with Crippen molar-refractivity contribution in [1.29, 1.82) is 0 Å². The van der Waals surface area contributed by atoms with Gasteiger partial charge in [-0.2, -0.15) is 13.2 Å². The number of thiophene rings is 1. The van der Waals surface area contributed by atoms with Crippen LogP contribution in [0.1, 0.15) is 41.6 Å². The van der Waals surface area contributed by atoms with E-state index in [0.29, 0.717) is 11.4 Å². The second-order valence-electron chi connectivity index (χ2n) is 6.28. The van der Waals surface area contributed by atoms with Crippen LogP contribution in [0.2, 0.25) is 5.02 Å². The number of hydrogen-bond donors (Lipinski definition) is 0. The Morgan fingerprint density at radius 2 is 2.15 bits per heavy atom. The molecular weight excluding hydrogens is 401 g/mol. The second-order valence-corrected chi connectivity index (χ2v) is 7.72. The quantitative estimate of drug-likeness (QED) is 0.517. The van der Waals surface area contributed by atoms with Crippen molar-refractivity contribution in [1.82, 2.24) is 9.38 Å². The first-order chi connectivity index (χ1) is 12.7. The number of carbonyl (C=O) groups is 1. The Kier molecular flexibility index (Phi) is 5.48. The number of carbonyl (C=O) groups excluding carboxylic acids is 1. The lowest BCUT2D eigenvalue weighted by Gasteiger charge is -2.11. The summed E-state index contributed by atoms with van der Waals surface area (Å²) in [5.74, 6) is -0.540. The van der Waals surface area contributed by atoms with Gasteiger partial charge in [0, 0.05) is 11.1 Å². The first-order valence-electron chi connectivity index (χ1n) is 8.12. The number of aromatic nitrogens is 2. The molecule has 0 spiro atoms. The van der Waals surface area contributed by atoms with Gasteiger partial charge in [-0.15, -0.1) is 11.3 Å². The van der Waals surface area contributed by atoms with Crippen molar-refractivity contribution in [2.75, 3.05) is 0 Å². The van der Waals surface area contributed by atoms with E-state index in [1.165, 1.54) is 15.7 Å². The molecule has 0 aliphatic rings. The molecule has 4 nitrogen and oxygen atoms in total. The molecule has 0 aliphatic carbocycles. The lowest BCUT2D eigenvalue weighted by Crippen LogP contribution is -2.11. The number of imidazole rings is 1. The third-order valence-corrected chi connectivity index (χ3v) is 5.10. The Labute approximate surface area is 162 Å². The van der Waals surface area contributed by atoms with Crippen LogP contribution < -0.4 is 0 Å². The Balaban J connectivity index is 1.95. The monoisotopic (exact) mass is 416 g/mol. The van der Waals surface area contributed by atoms with E-state index < -0.39 is 17.7 Å². The Bertz CT molecular complexity index is 965. The highest BCUT2D eigenvalue weighted by molar-refractivity contribution is 7.10. The predicted octanol–water partition coefficient (Wildman–Crippen LogP) is 5.48. The van der Waals surface area contributed by atoms with E-state index in [1.807, 2.05) is 31.4 Å². The zero-order valence-corrected chi connectivity index (χ0v) is 16.1. The molecule has 0 amide bonds. The molecule has 0 aliphatic heterocycles. The van der Waals surface area contributed by atoms with E-state index in [1.54, 1.807) is 0 Å². The van der Waals surface area contributed by atoms with Gasteiger partial charge in [0.05, 0.1) is 28.4 Å². The summed E-state index contributed by atoms with van der Waals surface area (Å²) in [5.41, 5.74) is 0.240. The normalized spacial score (nSPS) is 12.1. The van der Waals surface area contributed by atoms with Crippen LogP contribution in [0.15, 0.2) is 29.8 Å². The fraction of sp³-hybridized carbons (Fsp3) is 0.333. The van der Waals surface area contributed by atoms with Gasteiger partial charge in [0.2, 0.25) is 0 Å². The number of esters is 1. The van der Waals surface area contributed by atoms with Crippen LogP contribution in [0.25, 0.3) is 5.65 Å². The lowest BCUT2D eigenvalue weighted by molar-refractivity contribution is -0.144. The van der Waals surface area contributed by atoms with Gasteiger partial charge in [0.1, 0.15) is 6.61 Å². The number of ether oxygens (including phenoxy) is 1. The molecule has 3 rings (SSSR count). The molecule has 0 aromatic carbocycles. The van der Waals surface area contributed by atoms with Gasteiger partial charge in [0.15, 0.2) is 5.65 Å². The number of nitrogens with zero attached hydrogens (tertiary/aromatic N) is 2. The highest BCUT2D eigenvalue weighted by Crippen LogP contribution is 2.34. The summed E-state index contributed by atoms with van der Waals surface area (Å²) < 4.78 is 46.0. The summed E-state index contributed by atoms with van der Waals surface area (Å²) in [6, 6.07) is 4.49. The van der Waals surface area contributed by atoms with Gasteiger partial charge in [-0.25, -0.2) is 4.98 Å². The summed E-state index contributed by atoms with van der Waals surface area (Å²) in [6.45, 7) is 3.53. The largest absolute Gasteiger partial charge is 0.459 e. The molecule has 3 heterocycles. The highest BCUT2D eigenvalue weighted by Gasteiger charge is 2.32. The van der Waals surface area contributed by atoms with Crippen LogP contribution in [0, 0.1) is 0 Å². The zero-order valence-electron chi connectivity index (χ0n) is 14.5. The molecule has 3 aromatic heterocycles.